The number of methoxy groups -OCH3 is 1. The summed E-state index contributed by atoms with van der Waals surface area (Å²) < 4.78 is 10.2. The van der Waals surface area contributed by atoms with E-state index in [1.54, 1.807) is 48.5 Å². The summed E-state index contributed by atoms with van der Waals surface area (Å²) in [6, 6.07) is 13.6. The molecule has 0 saturated carbocycles. The van der Waals surface area contributed by atoms with E-state index in [0.29, 0.717) is 21.7 Å². The normalized spacial score (nSPS) is 11.1. The zero-order chi connectivity index (χ0) is 19.6. The molecule has 0 radical (unpaired) electrons. The van der Waals surface area contributed by atoms with Gasteiger partial charge in [-0.2, -0.15) is 0 Å². The first kappa shape index (κ1) is 20.5. The highest BCUT2D eigenvalue weighted by Gasteiger charge is 2.29. The van der Waals surface area contributed by atoms with Gasteiger partial charge in [0.2, 0.25) is 6.10 Å². The Morgan fingerprint density at radius 2 is 1.81 bits per heavy atom. The Morgan fingerprint density at radius 3 is 2.52 bits per heavy atom. The average Bonchev–Trinajstić information content (AvgIpc) is 2.69. The number of hydrogen-bond donors (Lipinski definition) is 0. The summed E-state index contributed by atoms with van der Waals surface area (Å²) in [6.07, 6.45) is 1.55. The van der Waals surface area contributed by atoms with Crippen LogP contribution in [0.4, 0.5) is 0 Å². The lowest BCUT2D eigenvalue weighted by Gasteiger charge is -2.17. The van der Waals surface area contributed by atoms with Crippen LogP contribution in [0.2, 0.25) is 5.02 Å². The van der Waals surface area contributed by atoms with Gasteiger partial charge in [0.25, 0.3) is 0 Å². The SMILES string of the molecule is CCCCC#Cc1ccccc1C(=O)OC(C(=O)OC)c1ccccc1Cl. The Labute approximate surface area is 164 Å². The van der Waals surface area contributed by atoms with E-state index in [-0.39, 0.29) is 0 Å². The number of esters is 2. The van der Waals surface area contributed by atoms with Crippen LogP contribution in [0.3, 0.4) is 0 Å². The van der Waals surface area contributed by atoms with Crippen LogP contribution < -0.4 is 0 Å². The fraction of sp³-hybridized carbons (Fsp3) is 0.273. The molecule has 0 spiro atoms. The molecule has 0 saturated heterocycles. The molecule has 0 amide bonds. The van der Waals surface area contributed by atoms with Crippen LogP contribution in [0, 0.1) is 11.8 Å². The Bertz CT molecular complexity index is 864. The summed E-state index contributed by atoms with van der Waals surface area (Å²) in [5, 5.41) is 0.313. The maximum Gasteiger partial charge on any atom is 0.352 e. The second-order valence-electron chi connectivity index (χ2n) is 5.78. The largest absolute Gasteiger partial charge is 0.466 e. The van der Waals surface area contributed by atoms with E-state index in [2.05, 4.69) is 18.8 Å². The molecule has 0 N–H and O–H groups in total. The van der Waals surface area contributed by atoms with Gasteiger partial charge < -0.3 is 9.47 Å². The van der Waals surface area contributed by atoms with Crippen LogP contribution in [-0.4, -0.2) is 19.0 Å². The van der Waals surface area contributed by atoms with Crippen LogP contribution in [0.15, 0.2) is 48.5 Å². The highest BCUT2D eigenvalue weighted by molar-refractivity contribution is 6.31. The molecule has 0 bridgehead atoms. The van der Waals surface area contributed by atoms with Gasteiger partial charge in [-0.05, 0) is 24.6 Å². The number of rotatable bonds is 6. The van der Waals surface area contributed by atoms with Gasteiger partial charge in [-0.25, -0.2) is 9.59 Å². The number of halogens is 1. The molecule has 140 valence electrons. The monoisotopic (exact) mass is 384 g/mol. The Balaban J connectivity index is 2.29. The number of carbonyl (C=O) groups is 2. The van der Waals surface area contributed by atoms with Crippen LogP contribution in [0.1, 0.15) is 53.8 Å². The first-order valence-electron chi connectivity index (χ1n) is 8.69. The Kier molecular flexibility index (Phi) is 7.91. The average molecular weight is 385 g/mol. The van der Waals surface area contributed by atoms with Crippen molar-refractivity contribution in [1.29, 1.82) is 0 Å². The van der Waals surface area contributed by atoms with Gasteiger partial charge in [0.15, 0.2) is 0 Å². The van der Waals surface area contributed by atoms with Gasteiger partial charge in [0.05, 0.1) is 12.7 Å². The Hall–Kier alpha value is -2.77. The number of carbonyl (C=O) groups excluding carboxylic acids is 2. The van der Waals surface area contributed by atoms with Crippen molar-refractivity contribution < 1.29 is 19.1 Å². The third kappa shape index (κ3) is 5.60. The zero-order valence-corrected chi connectivity index (χ0v) is 16.1. The van der Waals surface area contributed by atoms with E-state index in [4.69, 9.17) is 21.1 Å². The summed E-state index contributed by atoms with van der Waals surface area (Å²) in [6.45, 7) is 2.09. The first-order valence-corrected chi connectivity index (χ1v) is 9.07. The number of hydrogen-bond acceptors (Lipinski definition) is 4. The smallest absolute Gasteiger partial charge is 0.352 e. The van der Waals surface area contributed by atoms with Gasteiger partial charge in [-0.3, -0.25) is 0 Å². The highest BCUT2D eigenvalue weighted by atomic mass is 35.5. The molecular weight excluding hydrogens is 364 g/mol. The minimum Gasteiger partial charge on any atom is -0.466 e. The van der Waals surface area contributed by atoms with Crippen molar-refractivity contribution in [2.45, 2.75) is 32.3 Å². The molecule has 1 unspecified atom stereocenters. The fourth-order valence-corrected chi connectivity index (χ4v) is 2.63. The van der Waals surface area contributed by atoms with Crippen molar-refractivity contribution >= 4 is 23.5 Å². The van der Waals surface area contributed by atoms with E-state index < -0.39 is 18.0 Å². The zero-order valence-electron chi connectivity index (χ0n) is 15.3. The summed E-state index contributed by atoms with van der Waals surface area (Å²) >= 11 is 6.16. The maximum atomic E-state index is 12.7. The molecular formula is C22H21ClO4. The fourth-order valence-electron chi connectivity index (χ4n) is 2.40. The summed E-state index contributed by atoms with van der Waals surface area (Å²) in [7, 11) is 1.23. The second-order valence-corrected chi connectivity index (χ2v) is 6.19. The van der Waals surface area contributed by atoms with Gasteiger partial charge >= 0.3 is 11.9 Å². The predicted octanol–water partition coefficient (Wildman–Crippen LogP) is 4.95. The molecule has 0 aliphatic carbocycles. The Morgan fingerprint density at radius 1 is 1.11 bits per heavy atom. The first-order chi connectivity index (χ1) is 13.1. The van der Waals surface area contributed by atoms with Crippen molar-refractivity contribution in [3.63, 3.8) is 0 Å². The maximum absolute atomic E-state index is 12.7. The van der Waals surface area contributed by atoms with Crippen molar-refractivity contribution in [2.24, 2.45) is 0 Å². The minimum absolute atomic E-state index is 0.294. The lowest BCUT2D eigenvalue weighted by molar-refractivity contribution is -0.151. The topological polar surface area (TPSA) is 52.6 Å². The van der Waals surface area contributed by atoms with Crippen molar-refractivity contribution in [2.75, 3.05) is 7.11 Å². The molecule has 0 aromatic heterocycles. The summed E-state index contributed by atoms with van der Waals surface area (Å²) in [5.74, 6) is 4.69. The van der Waals surface area contributed by atoms with E-state index in [1.165, 1.54) is 7.11 Å². The quantitative estimate of drug-likeness (QED) is 0.401. The minimum atomic E-state index is -1.25. The highest BCUT2D eigenvalue weighted by Crippen LogP contribution is 2.28. The van der Waals surface area contributed by atoms with Crippen LogP contribution >= 0.6 is 11.6 Å². The third-order valence-corrected chi connectivity index (χ3v) is 4.20. The third-order valence-electron chi connectivity index (χ3n) is 3.85. The van der Waals surface area contributed by atoms with E-state index in [9.17, 15) is 9.59 Å². The lowest BCUT2D eigenvalue weighted by Crippen LogP contribution is -2.22. The molecule has 0 aliphatic heterocycles. The van der Waals surface area contributed by atoms with Gasteiger partial charge in [-0.1, -0.05) is 67.1 Å². The molecule has 0 aliphatic rings. The molecule has 2 aromatic carbocycles. The summed E-state index contributed by atoms with van der Waals surface area (Å²) in [5.41, 5.74) is 1.22. The summed E-state index contributed by atoms with van der Waals surface area (Å²) in [4.78, 5) is 24.9. The standard InChI is InChI=1S/C22H21ClO4/c1-3-4-5-6-11-16-12-7-8-13-17(16)21(24)27-20(22(25)26-2)18-14-9-10-15-19(18)23/h7-10,12-15,20H,3-5H2,1-2H3. The molecule has 1 atom stereocenters. The van der Waals surface area contributed by atoms with E-state index in [0.717, 1.165) is 19.3 Å². The van der Waals surface area contributed by atoms with Crippen LogP contribution in [0.5, 0.6) is 0 Å². The number of benzene rings is 2. The molecule has 5 heteroatoms. The van der Waals surface area contributed by atoms with Crippen LogP contribution in [-0.2, 0) is 14.3 Å². The second kappa shape index (κ2) is 10.4. The molecule has 27 heavy (non-hydrogen) atoms. The molecule has 2 rings (SSSR count). The van der Waals surface area contributed by atoms with Gasteiger partial charge in [0.1, 0.15) is 0 Å². The van der Waals surface area contributed by atoms with Crippen molar-refractivity contribution in [3.8, 4) is 11.8 Å². The van der Waals surface area contributed by atoms with Gasteiger partial charge in [-0.15, -0.1) is 0 Å². The number of unbranched alkanes of at least 4 members (excludes halogenated alkanes) is 2. The molecule has 2 aromatic rings. The molecule has 4 nitrogen and oxygen atoms in total. The molecule has 0 heterocycles. The van der Waals surface area contributed by atoms with Crippen molar-refractivity contribution in [1.82, 2.24) is 0 Å². The number of ether oxygens (including phenoxy) is 2. The van der Waals surface area contributed by atoms with E-state index >= 15 is 0 Å². The molecule has 0 fully saturated rings. The van der Waals surface area contributed by atoms with Crippen molar-refractivity contribution in [3.05, 3.63) is 70.2 Å². The predicted molar refractivity (Wildman–Crippen MR) is 104 cm³/mol. The van der Waals surface area contributed by atoms with E-state index in [1.807, 2.05) is 0 Å². The van der Waals surface area contributed by atoms with Crippen LogP contribution in [0.25, 0.3) is 0 Å². The lowest BCUT2D eigenvalue weighted by atomic mass is 10.1. The van der Waals surface area contributed by atoms with Gasteiger partial charge in [0, 0.05) is 22.6 Å².